The van der Waals surface area contributed by atoms with E-state index in [1.807, 2.05) is 0 Å². The number of amides is 1. The highest BCUT2D eigenvalue weighted by atomic mass is 35.5. The Morgan fingerprint density at radius 2 is 1.97 bits per heavy atom. The zero-order valence-electron chi connectivity index (χ0n) is 18.1. The predicted molar refractivity (Wildman–Crippen MR) is 114 cm³/mol. The van der Waals surface area contributed by atoms with Gasteiger partial charge in [0.05, 0.1) is 29.4 Å². The highest BCUT2D eigenvalue weighted by Crippen LogP contribution is 2.26. The molecular formula is C21H26ClF3N4O4. The summed E-state index contributed by atoms with van der Waals surface area (Å²) in [4.78, 5) is 25.5. The number of halogens is 4. The smallest absolute Gasteiger partial charge is 0.373 e. The van der Waals surface area contributed by atoms with Crippen LogP contribution < -0.4 is 11.0 Å². The number of aliphatic hydroxyl groups is 1. The van der Waals surface area contributed by atoms with Crippen molar-refractivity contribution in [1.82, 2.24) is 19.7 Å². The van der Waals surface area contributed by atoms with E-state index in [4.69, 9.17) is 11.6 Å². The van der Waals surface area contributed by atoms with Crippen LogP contribution in [-0.2, 0) is 11.3 Å². The number of alkyl halides is 3. The molecule has 2 aromatic rings. The Labute approximate surface area is 193 Å². The molecule has 1 atom stereocenters. The van der Waals surface area contributed by atoms with Crippen LogP contribution in [-0.4, -0.2) is 44.6 Å². The number of nitrogens with one attached hydrogen (secondary N) is 1. The molecule has 33 heavy (non-hydrogen) atoms. The standard InChI is InChI=1S/C21H26ClF3N4O4/c1-13-27-29(20(32)28(13)10-11-33-21(23,24)25)15-8-9-17(22)16(12-15)19(31)26-18(30)14-6-4-2-3-5-7-14/h8-9,12,14,18,30H,2-7,10-11H2,1H3,(H,26,31). The van der Waals surface area contributed by atoms with E-state index in [0.29, 0.717) is 0 Å². The molecule has 1 heterocycles. The van der Waals surface area contributed by atoms with Crippen LogP contribution in [0.25, 0.3) is 5.69 Å². The summed E-state index contributed by atoms with van der Waals surface area (Å²) < 4.78 is 42.4. The van der Waals surface area contributed by atoms with Gasteiger partial charge in [-0.2, -0.15) is 9.78 Å². The van der Waals surface area contributed by atoms with E-state index in [0.717, 1.165) is 47.8 Å². The monoisotopic (exact) mass is 490 g/mol. The van der Waals surface area contributed by atoms with E-state index in [9.17, 15) is 27.9 Å². The molecule has 0 saturated heterocycles. The van der Waals surface area contributed by atoms with Crippen molar-refractivity contribution in [3.8, 4) is 5.69 Å². The molecule has 1 aliphatic rings. The Morgan fingerprint density at radius 1 is 1.30 bits per heavy atom. The molecule has 1 saturated carbocycles. The Balaban J connectivity index is 1.77. The fraction of sp³-hybridized carbons (Fsp3) is 0.571. The first-order valence-electron chi connectivity index (χ1n) is 10.7. The van der Waals surface area contributed by atoms with Crippen LogP contribution in [0.1, 0.15) is 54.7 Å². The molecule has 0 radical (unpaired) electrons. The summed E-state index contributed by atoms with van der Waals surface area (Å²) in [6, 6.07) is 4.23. The first kappa shape index (κ1) is 25.3. The third-order valence-electron chi connectivity index (χ3n) is 5.69. The number of benzene rings is 1. The molecule has 1 fully saturated rings. The van der Waals surface area contributed by atoms with Crippen molar-refractivity contribution in [3.05, 3.63) is 45.1 Å². The van der Waals surface area contributed by atoms with Crippen LogP contribution in [0.4, 0.5) is 13.2 Å². The summed E-state index contributed by atoms with van der Waals surface area (Å²) in [6.07, 6.45) is 0.0154. The van der Waals surface area contributed by atoms with Crippen LogP contribution in [0, 0.1) is 12.8 Å². The van der Waals surface area contributed by atoms with Crippen molar-refractivity contribution in [1.29, 1.82) is 0 Å². The molecule has 0 spiro atoms. The summed E-state index contributed by atoms with van der Waals surface area (Å²) in [6.45, 7) is 0.375. The van der Waals surface area contributed by atoms with Gasteiger partial charge in [0.25, 0.3) is 5.91 Å². The molecule has 1 aliphatic carbocycles. The van der Waals surface area contributed by atoms with E-state index in [2.05, 4.69) is 15.2 Å². The second-order valence-electron chi connectivity index (χ2n) is 8.02. The fourth-order valence-electron chi connectivity index (χ4n) is 3.95. The zero-order chi connectivity index (χ0) is 24.2. The average Bonchev–Trinajstić information content (AvgIpc) is 2.92. The zero-order valence-corrected chi connectivity index (χ0v) is 18.8. The second-order valence-corrected chi connectivity index (χ2v) is 8.43. The van der Waals surface area contributed by atoms with Crippen LogP contribution in [0.5, 0.6) is 0 Å². The lowest BCUT2D eigenvalue weighted by molar-refractivity contribution is -0.325. The highest BCUT2D eigenvalue weighted by Gasteiger charge is 2.29. The fourth-order valence-corrected chi connectivity index (χ4v) is 4.15. The van der Waals surface area contributed by atoms with E-state index in [-0.39, 0.29) is 34.6 Å². The lowest BCUT2D eigenvalue weighted by Gasteiger charge is -2.22. The molecule has 12 heteroatoms. The molecule has 0 aliphatic heterocycles. The normalized spacial score (nSPS) is 16.4. The van der Waals surface area contributed by atoms with Gasteiger partial charge in [-0.1, -0.05) is 37.3 Å². The quantitative estimate of drug-likeness (QED) is 0.457. The van der Waals surface area contributed by atoms with Crippen molar-refractivity contribution >= 4 is 17.5 Å². The molecule has 1 aromatic heterocycles. The Morgan fingerprint density at radius 3 is 2.61 bits per heavy atom. The van der Waals surface area contributed by atoms with Gasteiger partial charge >= 0.3 is 12.1 Å². The van der Waals surface area contributed by atoms with Crippen molar-refractivity contribution in [3.63, 3.8) is 0 Å². The minimum absolute atomic E-state index is 0.0429. The molecule has 2 N–H and O–H groups in total. The van der Waals surface area contributed by atoms with Gasteiger partial charge in [0.2, 0.25) is 0 Å². The Hall–Kier alpha value is -2.37. The number of hydrogen-bond donors (Lipinski definition) is 2. The van der Waals surface area contributed by atoms with Gasteiger partial charge < -0.3 is 10.4 Å². The third-order valence-corrected chi connectivity index (χ3v) is 6.02. The molecule has 3 rings (SSSR count). The van der Waals surface area contributed by atoms with E-state index in [1.54, 1.807) is 0 Å². The van der Waals surface area contributed by atoms with Gasteiger partial charge in [-0.3, -0.25) is 14.1 Å². The number of aromatic nitrogens is 3. The number of nitrogens with zero attached hydrogens (tertiary/aromatic N) is 3. The summed E-state index contributed by atoms with van der Waals surface area (Å²) in [7, 11) is 0. The van der Waals surface area contributed by atoms with E-state index >= 15 is 0 Å². The number of hydrogen-bond acceptors (Lipinski definition) is 5. The summed E-state index contributed by atoms with van der Waals surface area (Å²) in [5.74, 6) is -0.463. The van der Waals surface area contributed by atoms with Crippen LogP contribution in [0.2, 0.25) is 5.02 Å². The number of carbonyl (C=O) groups excluding carboxylic acids is 1. The molecule has 1 aromatic carbocycles. The lowest BCUT2D eigenvalue weighted by Crippen LogP contribution is -2.40. The SMILES string of the molecule is Cc1nn(-c2ccc(Cl)c(C(=O)NC(O)C3CCCCCC3)c2)c(=O)n1CCOC(F)(F)F. The minimum Gasteiger partial charge on any atom is -0.373 e. The Kier molecular flexibility index (Phi) is 8.19. The number of ether oxygens (including phenoxy) is 1. The predicted octanol–water partition coefficient (Wildman–Crippen LogP) is 3.55. The van der Waals surface area contributed by atoms with Crippen LogP contribution in [0.15, 0.2) is 23.0 Å². The Bertz CT molecular complexity index is 1030. The largest absolute Gasteiger partial charge is 0.522 e. The van der Waals surface area contributed by atoms with Crippen molar-refractivity contribution in [2.75, 3.05) is 6.61 Å². The van der Waals surface area contributed by atoms with Crippen LogP contribution >= 0.6 is 11.6 Å². The van der Waals surface area contributed by atoms with Gasteiger partial charge in [-0.15, -0.1) is 13.2 Å². The average molecular weight is 491 g/mol. The maximum Gasteiger partial charge on any atom is 0.522 e. The highest BCUT2D eigenvalue weighted by molar-refractivity contribution is 6.33. The van der Waals surface area contributed by atoms with Gasteiger partial charge in [-0.05, 0) is 38.0 Å². The van der Waals surface area contributed by atoms with Crippen molar-refractivity contribution in [2.24, 2.45) is 5.92 Å². The van der Waals surface area contributed by atoms with Crippen LogP contribution in [0.3, 0.4) is 0 Å². The number of carbonyl (C=O) groups is 1. The summed E-state index contributed by atoms with van der Waals surface area (Å²) >= 11 is 6.18. The first-order chi connectivity index (χ1) is 15.6. The van der Waals surface area contributed by atoms with Gasteiger partial charge in [0, 0.05) is 5.92 Å². The molecule has 1 unspecified atom stereocenters. The van der Waals surface area contributed by atoms with Crippen molar-refractivity contribution in [2.45, 2.75) is 64.6 Å². The molecule has 0 bridgehead atoms. The molecule has 8 nitrogen and oxygen atoms in total. The van der Waals surface area contributed by atoms with Gasteiger partial charge in [-0.25, -0.2) is 4.79 Å². The second kappa shape index (κ2) is 10.7. The molecule has 1 amide bonds. The number of aryl methyl sites for hydroxylation is 1. The third kappa shape index (κ3) is 6.58. The summed E-state index contributed by atoms with van der Waals surface area (Å²) in [5.41, 5.74) is -0.441. The first-order valence-corrected chi connectivity index (χ1v) is 11.1. The van der Waals surface area contributed by atoms with Gasteiger partial charge in [0.15, 0.2) is 0 Å². The topological polar surface area (TPSA) is 98.4 Å². The van der Waals surface area contributed by atoms with Gasteiger partial charge in [0.1, 0.15) is 12.1 Å². The maximum absolute atomic E-state index is 12.8. The lowest BCUT2D eigenvalue weighted by atomic mass is 9.98. The molecule has 182 valence electrons. The molecular weight excluding hydrogens is 465 g/mol. The van der Waals surface area contributed by atoms with E-state index < -0.39 is 30.8 Å². The number of rotatable bonds is 7. The van der Waals surface area contributed by atoms with E-state index in [1.165, 1.54) is 25.1 Å². The summed E-state index contributed by atoms with van der Waals surface area (Å²) in [5, 5.41) is 17.3. The number of aliphatic hydroxyl groups excluding tert-OH is 1. The van der Waals surface area contributed by atoms with Crippen molar-refractivity contribution < 1.29 is 27.8 Å². The minimum atomic E-state index is -4.80. The maximum atomic E-state index is 12.8.